The zero-order chi connectivity index (χ0) is 15.6. The number of anilines is 1. The zero-order valence-corrected chi connectivity index (χ0v) is 12.2. The van der Waals surface area contributed by atoms with Crippen molar-refractivity contribution in [1.29, 1.82) is 0 Å². The molecule has 0 radical (unpaired) electrons. The van der Waals surface area contributed by atoms with Gasteiger partial charge in [0.05, 0.1) is 5.69 Å². The van der Waals surface area contributed by atoms with Gasteiger partial charge in [-0.05, 0) is 32.9 Å². The van der Waals surface area contributed by atoms with Gasteiger partial charge < -0.3 is 9.84 Å². The van der Waals surface area contributed by atoms with E-state index in [1.165, 1.54) is 5.01 Å². The summed E-state index contributed by atoms with van der Waals surface area (Å²) in [4.78, 5) is 23.4. The molecule has 1 aliphatic rings. The molecule has 1 N–H and O–H groups in total. The van der Waals surface area contributed by atoms with Crippen LogP contribution in [0.2, 0.25) is 0 Å². The lowest BCUT2D eigenvalue weighted by Crippen LogP contribution is -2.39. The van der Waals surface area contributed by atoms with Gasteiger partial charge in [0.25, 0.3) is 0 Å². The van der Waals surface area contributed by atoms with Crippen LogP contribution < -0.4 is 5.01 Å². The molecule has 0 amide bonds. The minimum absolute atomic E-state index is 0.0269. The average Bonchev–Trinajstić information content (AvgIpc) is 2.83. The first-order chi connectivity index (χ1) is 9.78. The highest BCUT2D eigenvalue weighted by Gasteiger charge is 2.38. The molecule has 0 fully saturated rings. The smallest absolute Gasteiger partial charge is 0.352 e. The molecule has 1 heterocycles. The number of para-hydroxylation sites is 1. The first kappa shape index (κ1) is 15.0. The van der Waals surface area contributed by atoms with Crippen molar-refractivity contribution >= 4 is 23.3 Å². The van der Waals surface area contributed by atoms with Crippen LogP contribution in [0.25, 0.3) is 0 Å². The molecule has 0 aliphatic carbocycles. The predicted molar refractivity (Wildman–Crippen MR) is 78.2 cm³/mol. The number of hydrogen-bond donors (Lipinski definition) is 1. The van der Waals surface area contributed by atoms with Crippen molar-refractivity contribution in [3.05, 3.63) is 30.3 Å². The number of hydrogen-bond acceptors (Lipinski definition) is 5. The summed E-state index contributed by atoms with van der Waals surface area (Å²) in [5, 5.41) is 14.6. The molecule has 0 spiro atoms. The number of benzene rings is 1. The Kier molecular flexibility index (Phi) is 3.97. The summed E-state index contributed by atoms with van der Waals surface area (Å²) >= 11 is 0. The summed E-state index contributed by atoms with van der Waals surface area (Å²) < 4.78 is 5.35. The van der Waals surface area contributed by atoms with Gasteiger partial charge in [0.2, 0.25) is 0 Å². The van der Waals surface area contributed by atoms with Crippen LogP contribution in [-0.2, 0) is 14.3 Å². The Bertz CT molecular complexity index is 575. The summed E-state index contributed by atoms with van der Waals surface area (Å²) in [5.74, 6) is -1.60. The number of carboxylic acid groups (broad SMARTS) is 1. The average molecular weight is 290 g/mol. The highest BCUT2D eigenvalue weighted by atomic mass is 16.6. The topological polar surface area (TPSA) is 79.2 Å². The van der Waals surface area contributed by atoms with E-state index in [1.54, 1.807) is 45.0 Å². The van der Waals surface area contributed by atoms with E-state index in [9.17, 15) is 9.59 Å². The quantitative estimate of drug-likeness (QED) is 0.862. The SMILES string of the molecule is CC(C)(C)OC(=O)[C@@H]1CC(C(=O)O)=NN1c1ccccc1. The van der Waals surface area contributed by atoms with Crippen molar-refractivity contribution < 1.29 is 19.4 Å². The number of hydrazone groups is 1. The number of carbonyl (C=O) groups excluding carboxylic acids is 1. The third kappa shape index (κ3) is 3.59. The van der Waals surface area contributed by atoms with Crippen molar-refractivity contribution in [1.82, 2.24) is 0 Å². The lowest BCUT2D eigenvalue weighted by atomic mass is 10.1. The molecule has 1 atom stereocenters. The van der Waals surface area contributed by atoms with E-state index in [4.69, 9.17) is 9.84 Å². The monoisotopic (exact) mass is 290 g/mol. The highest BCUT2D eigenvalue weighted by molar-refractivity contribution is 6.37. The lowest BCUT2D eigenvalue weighted by molar-refractivity contribution is -0.156. The second-order valence-electron chi connectivity index (χ2n) is 5.79. The summed E-state index contributed by atoms with van der Waals surface area (Å²) in [6.45, 7) is 5.31. The molecule has 112 valence electrons. The maximum absolute atomic E-state index is 12.3. The standard InChI is InChI=1S/C15H18N2O4/c1-15(2,3)21-14(20)12-9-11(13(18)19)16-17(12)10-7-5-4-6-8-10/h4-8,12H,9H2,1-3H3,(H,18,19)/t12-/m0/s1. The Morgan fingerprint density at radius 3 is 2.43 bits per heavy atom. The fraction of sp³-hybridized carbons (Fsp3) is 0.400. The van der Waals surface area contributed by atoms with Gasteiger partial charge in [-0.25, -0.2) is 9.59 Å². The molecule has 0 saturated heterocycles. The highest BCUT2D eigenvalue weighted by Crippen LogP contribution is 2.26. The first-order valence-electron chi connectivity index (χ1n) is 6.66. The summed E-state index contributed by atoms with van der Waals surface area (Å²) in [6.07, 6.45) is 0.0269. The van der Waals surface area contributed by atoms with Crippen LogP contribution in [0.1, 0.15) is 27.2 Å². The van der Waals surface area contributed by atoms with E-state index < -0.39 is 23.6 Å². The van der Waals surface area contributed by atoms with Crippen LogP contribution in [0.4, 0.5) is 5.69 Å². The molecule has 6 heteroatoms. The number of esters is 1. The van der Waals surface area contributed by atoms with Gasteiger partial charge in [-0.3, -0.25) is 5.01 Å². The first-order valence-corrected chi connectivity index (χ1v) is 6.66. The second kappa shape index (κ2) is 5.55. The third-order valence-corrected chi connectivity index (χ3v) is 2.86. The van der Waals surface area contributed by atoms with Gasteiger partial charge in [0.1, 0.15) is 11.3 Å². The number of rotatable bonds is 3. The minimum atomic E-state index is -1.12. The van der Waals surface area contributed by atoms with Crippen molar-refractivity contribution in [2.75, 3.05) is 5.01 Å². The van der Waals surface area contributed by atoms with Crippen LogP contribution >= 0.6 is 0 Å². The minimum Gasteiger partial charge on any atom is -0.477 e. The maximum atomic E-state index is 12.3. The molecule has 0 saturated carbocycles. The third-order valence-electron chi connectivity index (χ3n) is 2.86. The molecule has 0 aromatic heterocycles. The Hall–Kier alpha value is -2.37. The number of nitrogens with zero attached hydrogens (tertiary/aromatic N) is 2. The van der Waals surface area contributed by atoms with Crippen LogP contribution in [0, 0.1) is 0 Å². The Morgan fingerprint density at radius 1 is 1.29 bits per heavy atom. The molecular weight excluding hydrogens is 272 g/mol. The fourth-order valence-corrected chi connectivity index (χ4v) is 2.01. The van der Waals surface area contributed by atoms with E-state index in [0.29, 0.717) is 5.69 Å². The number of carbonyl (C=O) groups is 2. The van der Waals surface area contributed by atoms with Gasteiger partial charge in [-0.15, -0.1) is 0 Å². The Morgan fingerprint density at radius 2 is 1.90 bits per heavy atom. The molecule has 2 rings (SSSR count). The number of carboxylic acids is 1. The van der Waals surface area contributed by atoms with Gasteiger partial charge in [0.15, 0.2) is 6.04 Å². The Labute approximate surface area is 123 Å². The van der Waals surface area contributed by atoms with Gasteiger partial charge in [0, 0.05) is 6.42 Å². The van der Waals surface area contributed by atoms with Crippen LogP contribution in [0.3, 0.4) is 0 Å². The van der Waals surface area contributed by atoms with E-state index >= 15 is 0 Å². The normalized spacial score (nSPS) is 18.3. The van der Waals surface area contributed by atoms with Crippen molar-refractivity contribution in [3.63, 3.8) is 0 Å². The molecule has 21 heavy (non-hydrogen) atoms. The predicted octanol–water partition coefficient (Wildman–Crippen LogP) is 2.05. The zero-order valence-electron chi connectivity index (χ0n) is 12.2. The molecule has 6 nitrogen and oxygen atoms in total. The summed E-state index contributed by atoms with van der Waals surface area (Å²) in [5.41, 5.74) is -0.0230. The number of aliphatic carboxylic acids is 1. The van der Waals surface area contributed by atoms with Gasteiger partial charge in [-0.1, -0.05) is 18.2 Å². The van der Waals surface area contributed by atoms with E-state index in [0.717, 1.165) is 0 Å². The van der Waals surface area contributed by atoms with E-state index in [2.05, 4.69) is 5.10 Å². The van der Waals surface area contributed by atoms with Gasteiger partial charge >= 0.3 is 11.9 Å². The lowest BCUT2D eigenvalue weighted by Gasteiger charge is -2.26. The number of ether oxygens (including phenoxy) is 1. The molecular formula is C15H18N2O4. The molecule has 1 aromatic rings. The molecule has 0 unspecified atom stereocenters. The molecule has 0 bridgehead atoms. The van der Waals surface area contributed by atoms with Crippen molar-refractivity contribution in [2.24, 2.45) is 5.10 Å². The second-order valence-corrected chi connectivity index (χ2v) is 5.79. The van der Waals surface area contributed by atoms with Crippen molar-refractivity contribution in [2.45, 2.75) is 38.8 Å². The van der Waals surface area contributed by atoms with Crippen LogP contribution in [0.15, 0.2) is 35.4 Å². The fourth-order valence-electron chi connectivity index (χ4n) is 2.01. The van der Waals surface area contributed by atoms with Gasteiger partial charge in [-0.2, -0.15) is 5.10 Å². The van der Waals surface area contributed by atoms with E-state index in [-0.39, 0.29) is 12.1 Å². The summed E-state index contributed by atoms with van der Waals surface area (Å²) in [7, 11) is 0. The van der Waals surface area contributed by atoms with Crippen LogP contribution in [-0.4, -0.2) is 34.4 Å². The summed E-state index contributed by atoms with van der Waals surface area (Å²) in [6, 6.07) is 8.23. The molecule has 1 aromatic carbocycles. The maximum Gasteiger partial charge on any atom is 0.352 e. The largest absolute Gasteiger partial charge is 0.477 e. The van der Waals surface area contributed by atoms with E-state index in [1.807, 2.05) is 6.07 Å². The van der Waals surface area contributed by atoms with Crippen molar-refractivity contribution in [3.8, 4) is 0 Å². The van der Waals surface area contributed by atoms with Crippen LogP contribution in [0.5, 0.6) is 0 Å². The Balaban J connectivity index is 2.28. The molecule has 1 aliphatic heterocycles.